The van der Waals surface area contributed by atoms with Crippen LogP contribution in [0.4, 0.5) is 5.69 Å². The number of nitrogens with zero attached hydrogens (tertiary/aromatic N) is 2. The topological polar surface area (TPSA) is 82.2 Å². The van der Waals surface area contributed by atoms with Crippen LogP contribution in [0.5, 0.6) is 0 Å². The van der Waals surface area contributed by atoms with Crippen molar-refractivity contribution in [3.8, 4) is 11.1 Å². The molecule has 1 aromatic heterocycles. The van der Waals surface area contributed by atoms with E-state index in [-0.39, 0.29) is 5.91 Å². The second kappa shape index (κ2) is 10.2. The maximum atomic E-state index is 12.8. The normalized spacial score (nSPS) is 11.2. The van der Waals surface area contributed by atoms with Crippen molar-refractivity contribution in [2.24, 2.45) is 4.99 Å². The summed E-state index contributed by atoms with van der Waals surface area (Å²) in [6, 6.07) is 25.7. The minimum absolute atomic E-state index is 0.206. The summed E-state index contributed by atoms with van der Waals surface area (Å²) in [6.45, 7) is 2.46. The van der Waals surface area contributed by atoms with Gasteiger partial charge in [0, 0.05) is 36.1 Å². The molecular formula is C26H25N5O. The minimum atomic E-state index is -0.206. The predicted molar refractivity (Wildman–Crippen MR) is 129 cm³/mol. The third-order valence-corrected chi connectivity index (χ3v) is 4.97. The molecule has 0 atom stereocenters. The van der Waals surface area contributed by atoms with Gasteiger partial charge < -0.3 is 10.3 Å². The molecule has 0 spiro atoms. The molecule has 32 heavy (non-hydrogen) atoms. The molecule has 4 rings (SSSR count). The first-order chi connectivity index (χ1) is 15.7. The highest BCUT2D eigenvalue weighted by molar-refractivity contribution is 6.10. The molecule has 3 N–H and O–H groups in total. The molecule has 160 valence electrons. The first-order valence-electron chi connectivity index (χ1n) is 10.5. The van der Waals surface area contributed by atoms with Crippen LogP contribution in [0.3, 0.4) is 0 Å². The van der Waals surface area contributed by atoms with Crippen LogP contribution in [0.2, 0.25) is 0 Å². The largest absolute Gasteiger partial charge is 0.348 e. The standard InChI is InChI=1S/C26H25N5O/c1-19-6-5-9-22(16-19)25(32)31-26(28-15-14-24-17-27-18-29-24)30-23-12-10-21(11-13-23)20-7-3-2-4-8-20/h2-13,16-18H,14-15H2,1H3,(H,27,29)(H2,28,30,31,32). The van der Waals surface area contributed by atoms with Crippen LogP contribution >= 0.6 is 0 Å². The van der Waals surface area contributed by atoms with Crippen molar-refractivity contribution in [2.45, 2.75) is 13.3 Å². The second-order valence-electron chi connectivity index (χ2n) is 7.45. The Kier molecular flexibility index (Phi) is 6.72. The first kappa shape index (κ1) is 21.1. The number of guanidine groups is 1. The molecule has 6 nitrogen and oxygen atoms in total. The SMILES string of the molecule is Cc1cccc(C(=O)NC(=NCCc2cnc[nH]2)Nc2ccc(-c3ccccc3)cc2)c1. The van der Waals surface area contributed by atoms with E-state index in [0.717, 1.165) is 28.1 Å². The Balaban J connectivity index is 1.49. The van der Waals surface area contributed by atoms with Crippen molar-refractivity contribution < 1.29 is 4.79 Å². The third kappa shape index (κ3) is 5.70. The van der Waals surface area contributed by atoms with Crippen molar-refractivity contribution in [3.05, 3.63) is 108 Å². The summed E-state index contributed by atoms with van der Waals surface area (Å²) in [6.07, 6.45) is 4.11. The number of hydrogen-bond acceptors (Lipinski definition) is 3. The second-order valence-corrected chi connectivity index (χ2v) is 7.45. The predicted octanol–water partition coefficient (Wildman–Crippen LogP) is 4.83. The van der Waals surface area contributed by atoms with E-state index < -0.39 is 0 Å². The molecule has 0 fully saturated rings. The average Bonchev–Trinajstić information content (AvgIpc) is 3.34. The lowest BCUT2D eigenvalue weighted by molar-refractivity contribution is 0.0977. The van der Waals surface area contributed by atoms with E-state index in [0.29, 0.717) is 24.5 Å². The first-order valence-corrected chi connectivity index (χ1v) is 10.5. The summed E-state index contributed by atoms with van der Waals surface area (Å²) in [5, 5.41) is 6.15. The number of carbonyl (C=O) groups excluding carboxylic acids is 1. The smallest absolute Gasteiger partial charge is 0.257 e. The Morgan fingerprint density at radius 3 is 2.47 bits per heavy atom. The number of rotatable bonds is 6. The fourth-order valence-electron chi connectivity index (χ4n) is 3.30. The number of aliphatic imine (C=N–C) groups is 1. The van der Waals surface area contributed by atoms with Crippen LogP contribution < -0.4 is 10.6 Å². The lowest BCUT2D eigenvalue weighted by Gasteiger charge is -2.13. The number of H-pyrrole nitrogens is 1. The Morgan fingerprint density at radius 1 is 0.969 bits per heavy atom. The number of amides is 1. The van der Waals surface area contributed by atoms with Gasteiger partial charge in [0.15, 0.2) is 0 Å². The van der Waals surface area contributed by atoms with Gasteiger partial charge in [-0.1, -0.05) is 60.2 Å². The van der Waals surface area contributed by atoms with Crippen LogP contribution in [0.15, 0.2) is 96.4 Å². The molecule has 0 saturated heterocycles. The van der Waals surface area contributed by atoms with E-state index in [1.54, 1.807) is 18.6 Å². The van der Waals surface area contributed by atoms with Crippen LogP contribution in [0.1, 0.15) is 21.6 Å². The van der Waals surface area contributed by atoms with E-state index >= 15 is 0 Å². The molecule has 0 unspecified atom stereocenters. The molecule has 1 heterocycles. The molecule has 1 amide bonds. The molecule has 0 aliphatic heterocycles. The third-order valence-electron chi connectivity index (χ3n) is 4.97. The molecule has 0 aliphatic rings. The molecule has 0 radical (unpaired) electrons. The molecular weight excluding hydrogens is 398 g/mol. The number of hydrogen-bond donors (Lipinski definition) is 3. The van der Waals surface area contributed by atoms with E-state index in [9.17, 15) is 4.79 Å². The number of aromatic amines is 1. The van der Waals surface area contributed by atoms with Gasteiger partial charge in [0.05, 0.1) is 6.33 Å². The number of aromatic nitrogens is 2. The van der Waals surface area contributed by atoms with Crippen LogP contribution in [0, 0.1) is 6.92 Å². The average molecular weight is 424 g/mol. The van der Waals surface area contributed by atoms with Crippen LogP contribution in [-0.4, -0.2) is 28.4 Å². The molecule has 4 aromatic rings. The van der Waals surface area contributed by atoms with Gasteiger partial charge in [-0.2, -0.15) is 0 Å². The van der Waals surface area contributed by atoms with Gasteiger partial charge in [0.2, 0.25) is 5.96 Å². The Labute approximate surface area is 187 Å². The summed E-state index contributed by atoms with van der Waals surface area (Å²) in [5.74, 6) is 0.200. The summed E-state index contributed by atoms with van der Waals surface area (Å²) < 4.78 is 0. The minimum Gasteiger partial charge on any atom is -0.348 e. The van der Waals surface area contributed by atoms with Gasteiger partial charge >= 0.3 is 0 Å². The zero-order valence-corrected chi connectivity index (χ0v) is 17.9. The van der Waals surface area contributed by atoms with Crippen molar-refractivity contribution in [1.82, 2.24) is 15.3 Å². The number of anilines is 1. The van der Waals surface area contributed by atoms with Crippen molar-refractivity contribution in [1.29, 1.82) is 0 Å². The fourth-order valence-corrected chi connectivity index (χ4v) is 3.30. The molecule has 6 heteroatoms. The number of aryl methyl sites for hydroxylation is 1. The number of carbonyl (C=O) groups is 1. The molecule has 3 aromatic carbocycles. The Morgan fingerprint density at radius 2 is 1.75 bits per heavy atom. The van der Waals surface area contributed by atoms with Crippen molar-refractivity contribution in [3.63, 3.8) is 0 Å². The summed E-state index contributed by atoms with van der Waals surface area (Å²) in [4.78, 5) is 24.5. The zero-order chi connectivity index (χ0) is 22.2. The number of nitrogens with one attached hydrogen (secondary N) is 3. The van der Waals surface area contributed by atoms with Gasteiger partial charge in [-0.15, -0.1) is 0 Å². The van der Waals surface area contributed by atoms with E-state index in [1.165, 1.54) is 0 Å². The number of imidazole rings is 1. The number of benzene rings is 3. The van der Waals surface area contributed by atoms with Crippen molar-refractivity contribution >= 4 is 17.6 Å². The van der Waals surface area contributed by atoms with Gasteiger partial charge in [-0.05, 0) is 42.3 Å². The van der Waals surface area contributed by atoms with Gasteiger partial charge in [0.25, 0.3) is 5.91 Å². The summed E-state index contributed by atoms with van der Waals surface area (Å²) >= 11 is 0. The zero-order valence-electron chi connectivity index (χ0n) is 17.9. The van der Waals surface area contributed by atoms with Crippen LogP contribution in [-0.2, 0) is 6.42 Å². The fraction of sp³-hybridized carbons (Fsp3) is 0.115. The van der Waals surface area contributed by atoms with Crippen molar-refractivity contribution in [2.75, 3.05) is 11.9 Å². The Bertz CT molecular complexity index is 1180. The highest BCUT2D eigenvalue weighted by atomic mass is 16.1. The van der Waals surface area contributed by atoms with Gasteiger partial charge in [-0.25, -0.2) is 4.98 Å². The maximum absolute atomic E-state index is 12.8. The quantitative estimate of drug-likeness (QED) is 0.307. The molecule has 0 aliphatic carbocycles. The van der Waals surface area contributed by atoms with Crippen LogP contribution in [0.25, 0.3) is 11.1 Å². The van der Waals surface area contributed by atoms with E-state index in [2.05, 4.69) is 37.7 Å². The highest BCUT2D eigenvalue weighted by Crippen LogP contribution is 2.21. The molecule has 0 saturated carbocycles. The lowest BCUT2D eigenvalue weighted by Crippen LogP contribution is -2.36. The summed E-state index contributed by atoms with van der Waals surface area (Å²) in [5.41, 5.74) is 5.73. The van der Waals surface area contributed by atoms with Gasteiger partial charge in [-0.3, -0.25) is 15.1 Å². The maximum Gasteiger partial charge on any atom is 0.257 e. The Hall–Kier alpha value is -4.19. The van der Waals surface area contributed by atoms with E-state index in [4.69, 9.17) is 0 Å². The monoisotopic (exact) mass is 423 g/mol. The summed E-state index contributed by atoms with van der Waals surface area (Å²) in [7, 11) is 0. The van der Waals surface area contributed by atoms with E-state index in [1.807, 2.05) is 67.6 Å². The van der Waals surface area contributed by atoms with Gasteiger partial charge in [0.1, 0.15) is 0 Å². The molecule has 0 bridgehead atoms. The highest BCUT2D eigenvalue weighted by Gasteiger charge is 2.10. The lowest BCUT2D eigenvalue weighted by atomic mass is 10.1.